The van der Waals surface area contributed by atoms with Crippen LogP contribution in [0.5, 0.6) is 0 Å². The van der Waals surface area contributed by atoms with E-state index in [1.165, 1.54) is 64.6 Å². The van der Waals surface area contributed by atoms with Crippen molar-refractivity contribution in [3.05, 3.63) is 0 Å². The van der Waals surface area contributed by atoms with Gasteiger partial charge in [0.25, 0.3) is 0 Å². The van der Waals surface area contributed by atoms with Crippen LogP contribution >= 0.6 is 0 Å². The summed E-state index contributed by atoms with van der Waals surface area (Å²) in [5, 5.41) is 3.74. The van der Waals surface area contributed by atoms with Crippen molar-refractivity contribution >= 4 is 0 Å². The first-order chi connectivity index (χ1) is 9.16. The Morgan fingerprint density at radius 1 is 1.00 bits per heavy atom. The van der Waals surface area contributed by atoms with Crippen LogP contribution in [-0.2, 0) is 0 Å². The molecular weight excluding hydrogens is 232 g/mol. The zero-order valence-corrected chi connectivity index (χ0v) is 13.3. The second-order valence-corrected chi connectivity index (χ2v) is 7.24. The molecule has 0 amide bonds. The Hall–Kier alpha value is -0.0800. The Labute approximate surface area is 120 Å². The van der Waals surface area contributed by atoms with Gasteiger partial charge in [-0.15, -0.1) is 0 Å². The molecule has 2 rings (SSSR count). The van der Waals surface area contributed by atoms with E-state index in [-0.39, 0.29) is 0 Å². The lowest BCUT2D eigenvalue weighted by Gasteiger charge is -2.30. The first-order valence-electron chi connectivity index (χ1n) is 8.64. The van der Waals surface area contributed by atoms with Crippen molar-refractivity contribution in [1.82, 2.24) is 10.2 Å². The Balaban J connectivity index is 1.68. The minimum Gasteiger partial charge on any atom is -0.313 e. The van der Waals surface area contributed by atoms with E-state index in [1.807, 2.05) is 0 Å². The molecule has 2 heteroatoms. The van der Waals surface area contributed by atoms with E-state index in [9.17, 15) is 0 Å². The second-order valence-electron chi connectivity index (χ2n) is 7.24. The SMILES string of the molecule is CC(C)CCN(CCNC(C)C1CC1)C1CCCC1. The van der Waals surface area contributed by atoms with Crippen LogP contribution in [0.1, 0.15) is 65.7 Å². The molecular formula is C17H34N2. The van der Waals surface area contributed by atoms with E-state index in [1.54, 1.807) is 0 Å². The zero-order chi connectivity index (χ0) is 13.7. The van der Waals surface area contributed by atoms with E-state index >= 15 is 0 Å². The summed E-state index contributed by atoms with van der Waals surface area (Å²) in [5.74, 6) is 1.82. The molecule has 2 fully saturated rings. The van der Waals surface area contributed by atoms with Crippen molar-refractivity contribution in [2.45, 2.75) is 77.8 Å². The number of hydrogen-bond donors (Lipinski definition) is 1. The summed E-state index contributed by atoms with van der Waals surface area (Å²) in [6, 6.07) is 1.63. The smallest absolute Gasteiger partial charge is 0.0110 e. The van der Waals surface area contributed by atoms with Gasteiger partial charge in [-0.05, 0) is 57.4 Å². The Bertz CT molecular complexity index is 242. The van der Waals surface area contributed by atoms with Gasteiger partial charge in [0, 0.05) is 25.2 Å². The average molecular weight is 266 g/mol. The lowest BCUT2D eigenvalue weighted by molar-refractivity contribution is 0.186. The second kappa shape index (κ2) is 7.64. The molecule has 0 aliphatic heterocycles. The Kier molecular flexibility index (Phi) is 6.15. The Morgan fingerprint density at radius 2 is 1.68 bits per heavy atom. The maximum atomic E-state index is 3.74. The van der Waals surface area contributed by atoms with Crippen LogP contribution in [0, 0.1) is 11.8 Å². The van der Waals surface area contributed by atoms with Gasteiger partial charge in [0.1, 0.15) is 0 Å². The van der Waals surface area contributed by atoms with Crippen LogP contribution in [0.2, 0.25) is 0 Å². The van der Waals surface area contributed by atoms with Crippen molar-refractivity contribution in [2.24, 2.45) is 11.8 Å². The van der Waals surface area contributed by atoms with E-state index < -0.39 is 0 Å². The van der Waals surface area contributed by atoms with Crippen molar-refractivity contribution in [2.75, 3.05) is 19.6 Å². The molecule has 0 aromatic rings. The van der Waals surface area contributed by atoms with Crippen molar-refractivity contribution in [3.8, 4) is 0 Å². The fourth-order valence-corrected chi connectivity index (χ4v) is 3.37. The monoisotopic (exact) mass is 266 g/mol. The van der Waals surface area contributed by atoms with Gasteiger partial charge in [-0.25, -0.2) is 0 Å². The lowest BCUT2D eigenvalue weighted by atomic mass is 10.1. The van der Waals surface area contributed by atoms with Crippen LogP contribution in [-0.4, -0.2) is 36.6 Å². The third-order valence-electron chi connectivity index (χ3n) is 5.03. The van der Waals surface area contributed by atoms with E-state index in [2.05, 4.69) is 31.0 Å². The van der Waals surface area contributed by atoms with Gasteiger partial charge in [0.2, 0.25) is 0 Å². The molecule has 112 valence electrons. The van der Waals surface area contributed by atoms with Crippen LogP contribution in [0.3, 0.4) is 0 Å². The fraction of sp³-hybridized carbons (Fsp3) is 1.00. The quantitative estimate of drug-likeness (QED) is 0.685. The van der Waals surface area contributed by atoms with Gasteiger partial charge in [0.05, 0.1) is 0 Å². The predicted octanol–water partition coefficient (Wildman–Crippen LogP) is 3.67. The molecule has 2 aliphatic carbocycles. The molecule has 2 saturated carbocycles. The molecule has 0 aromatic carbocycles. The average Bonchev–Trinajstić information content (AvgIpc) is 3.09. The highest BCUT2D eigenvalue weighted by Gasteiger charge is 2.28. The van der Waals surface area contributed by atoms with E-state index in [4.69, 9.17) is 0 Å². The van der Waals surface area contributed by atoms with Gasteiger partial charge in [-0.3, -0.25) is 4.90 Å². The number of nitrogens with one attached hydrogen (secondary N) is 1. The predicted molar refractivity (Wildman–Crippen MR) is 83.5 cm³/mol. The number of nitrogens with zero attached hydrogens (tertiary/aromatic N) is 1. The highest BCUT2D eigenvalue weighted by atomic mass is 15.2. The maximum absolute atomic E-state index is 3.74. The maximum Gasteiger partial charge on any atom is 0.0110 e. The molecule has 1 N–H and O–H groups in total. The van der Waals surface area contributed by atoms with Crippen molar-refractivity contribution in [3.63, 3.8) is 0 Å². The summed E-state index contributed by atoms with van der Waals surface area (Å²) in [6.45, 7) is 10.8. The van der Waals surface area contributed by atoms with Crippen molar-refractivity contribution in [1.29, 1.82) is 0 Å². The molecule has 0 heterocycles. The van der Waals surface area contributed by atoms with Crippen LogP contribution in [0.4, 0.5) is 0 Å². The molecule has 1 unspecified atom stereocenters. The molecule has 0 aromatic heterocycles. The van der Waals surface area contributed by atoms with E-state index in [0.717, 1.165) is 23.9 Å². The van der Waals surface area contributed by atoms with Crippen molar-refractivity contribution < 1.29 is 0 Å². The van der Waals surface area contributed by atoms with Crippen LogP contribution < -0.4 is 5.32 Å². The molecule has 1 atom stereocenters. The fourth-order valence-electron chi connectivity index (χ4n) is 3.37. The third-order valence-corrected chi connectivity index (χ3v) is 5.03. The van der Waals surface area contributed by atoms with Gasteiger partial charge in [0.15, 0.2) is 0 Å². The van der Waals surface area contributed by atoms with E-state index in [0.29, 0.717) is 0 Å². The van der Waals surface area contributed by atoms with Crippen LogP contribution in [0.15, 0.2) is 0 Å². The zero-order valence-electron chi connectivity index (χ0n) is 13.3. The standard InChI is InChI=1S/C17H34N2/c1-14(2)10-12-19(17-6-4-5-7-17)13-11-18-15(3)16-8-9-16/h14-18H,4-13H2,1-3H3. The largest absolute Gasteiger partial charge is 0.313 e. The number of hydrogen-bond acceptors (Lipinski definition) is 2. The van der Waals surface area contributed by atoms with Gasteiger partial charge in [-0.1, -0.05) is 26.7 Å². The lowest BCUT2D eigenvalue weighted by Crippen LogP contribution is -2.41. The summed E-state index contributed by atoms with van der Waals surface area (Å²) < 4.78 is 0. The summed E-state index contributed by atoms with van der Waals surface area (Å²) in [7, 11) is 0. The summed E-state index contributed by atoms with van der Waals surface area (Å²) in [4.78, 5) is 2.78. The topological polar surface area (TPSA) is 15.3 Å². The Morgan fingerprint density at radius 3 is 2.26 bits per heavy atom. The normalized spacial score (nSPS) is 22.6. The molecule has 0 bridgehead atoms. The highest BCUT2D eigenvalue weighted by molar-refractivity contribution is 4.84. The summed E-state index contributed by atoms with van der Waals surface area (Å²) in [5.41, 5.74) is 0. The third kappa shape index (κ3) is 5.43. The van der Waals surface area contributed by atoms with Crippen LogP contribution in [0.25, 0.3) is 0 Å². The summed E-state index contributed by atoms with van der Waals surface area (Å²) in [6.07, 6.45) is 10.0. The summed E-state index contributed by atoms with van der Waals surface area (Å²) >= 11 is 0. The minimum atomic E-state index is 0.746. The molecule has 0 radical (unpaired) electrons. The van der Waals surface area contributed by atoms with Gasteiger partial charge in [-0.2, -0.15) is 0 Å². The molecule has 2 aliphatic rings. The highest BCUT2D eigenvalue weighted by Crippen LogP contribution is 2.32. The number of rotatable bonds is 9. The molecule has 0 spiro atoms. The first-order valence-corrected chi connectivity index (χ1v) is 8.64. The first kappa shape index (κ1) is 15.3. The van der Waals surface area contributed by atoms with Gasteiger partial charge >= 0.3 is 0 Å². The van der Waals surface area contributed by atoms with Gasteiger partial charge < -0.3 is 5.32 Å². The molecule has 2 nitrogen and oxygen atoms in total. The molecule has 19 heavy (non-hydrogen) atoms. The minimum absolute atomic E-state index is 0.746. The molecule has 0 saturated heterocycles.